The van der Waals surface area contributed by atoms with Crippen LogP contribution in [0.1, 0.15) is 45.1 Å². The topological polar surface area (TPSA) is 12.0 Å². The van der Waals surface area contributed by atoms with Crippen molar-refractivity contribution >= 4 is 0 Å². The van der Waals surface area contributed by atoms with Gasteiger partial charge in [0.05, 0.1) is 0 Å². The largest absolute Gasteiger partial charge is 0.316 e. The second kappa shape index (κ2) is 7.21. The van der Waals surface area contributed by atoms with Crippen molar-refractivity contribution in [2.24, 2.45) is 17.8 Å². The standard InChI is InChI=1S/C18H28FN/c1-13(2)15-7-9-16(10-8-15)18(20-3)12-14-5-4-6-17(19)11-14/h4-6,11,13,15-16,18,20H,7-10,12H2,1-3H3. The minimum Gasteiger partial charge on any atom is -0.316 e. The maximum absolute atomic E-state index is 13.3. The van der Waals surface area contributed by atoms with Crippen LogP contribution in [0.3, 0.4) is 0 Å². The first-order valence-corrected chi connectivity index (χ1v) is 8.02. The van der Waals surface area contributed by atoms with E-state index >= 15 is 0 Å². The lowest BCUT2D eigenvalue weighted by atomic mass is 9.73. The molecule has 0 radical (unpaired) electrons. The molecule has 1 aromatic rings. The smallest absolute Gasteiger partial charge is 0.123 e. The molecule has 0 heterocycles. The van der Waals surface area contributed by atoms with E-state index in [0.29, 0.717) is 6.04 Å². The van der Waals surface area contributed by atoms with E-state index in [1.54, 1.807) is 6.07 Å². The van der Waals surface area contributed by atoms with Crippen molar-refractivity contribution < 1.29 is 4.39 Å². The molecule has 1 unspecified atom stereocenters. The number of benzene rings is 1. The predicted molar refractivity (Wildman–Crippen MR) is 83.2 cm³/mol. The number of hydrogen-bond donors (Lipinski definition) is 1. The Kier molecular flexibility index (Phi) is 5.59. The second-order valence-electron chi connectivity index (χ2n) is 6.65. The van der Waals surface area contributed by atoms with E-state index in [-0.39, 0.29) is 5.82 Å². The summed E-state index contributed by atoms with van der Waals surface area (Å²) in [5, 5.41) is 3.46. The lowest BCUT2D eigenvalue weighted by Crippen LogP contribution is -2.38. The van der Waals surface area contributed by atoms with Crippen LogP contribution in [0, 0.1) is 23.6 Å². The van der Waals surface area contributed by atoms with Crippen molar-refractivity contribution in [3.05, 3.63) is 35.6 Å². The average molecular weight is 277 g/mol. The number of hydrogen-bond acceptors (Lipinski definition) is 1. The van der Waals surface area contributed by atoms with Gasteiger partial charge in [0.2, 0.25) is 0 Å². The fraction of sp³-hybridized carbons (Fsp3) is 0.667. The third-order valence-electron chi connectivity index (χ3n) is 5.04. The summed E-state index contributed by atoms with van der Waals surface area (Å²) in [6.45, 7) is 4.68. The molecule has 1 aliphatic rings. The van der Waals surface area contributed by atoms with Crippen LogP contribution >= 0.6 is 0 Å². The molecule has 1 fully saturated rings. The normalized spacial score (nSPS) is 24.9. The minimum absolute atomic E-state index is 0.124. The third kappa shape index (κ3) is 4.05. The van der Waals surface area contributed by atoms with Gasteiger partial charge in [-0.05, 0) is 74.6 Å². The van der Waals surface area contributed by atoms with Crippen molar-refractivity contribution in [3.8, 4) is 0 Å². The van der Waals surface area contributed by atoms with Crippen molar-refractivity contribution in [1.82, 2.24) is 5.32 Å². The molecule has 2 rings (SSSR count). The molecule has 1 saturated carbocycles. The quantitative estimate of drug-likeness (QED) is 0.840. The van der Waals surface area contributed by atoms with Gasteiger partial charge in [-0.2, -0.15) is 0 Å². The van der Waals surface area contributed by atoms with Gasteiger partial charge >= 0.3 is 0 Å². The minimum atomic E-state index is -0.124. The predicted octanol–water partition coefficient (Wildman–Crippen LogP) is 4.42. The van der Waals surface area contributed by atoms with Crippen molar-refractivity contribution in [2.45, 2.75) is 52.0 Å². The van der Waals surface area contributed by atoms with Gasteiger partial charge in [-0.25, -0.2) is 4.39 Å². The van der Waals surface area contributed by atoms with Crippen molar-refractivity contribution in [3.63, 3.8) is 0 Å². The molecular formula is C18H28FN. The van der Waals surface area contributed by atoms with Crippen LogP contribution in [0.15, 0.2) is 24.3 Å². The molecule has 20 heavy (non-hydrogen) atoms. The lowest BCUT2D eigenvalue weighted by molar-refractivity contribution is 0.191. The molecule has 1 N–H and O–H groups in total. The Balaban J connectivity index is 1.92. The number of halogens is 1. The fourth-order valence-corrected chi connectivity index (χ4v) is 3.64. The SMILES string of the molecule is CNC(Cc1cccc(F)c1)C1CCC(C(C)C)CC1. The maximum atomic E-state index is 13.3. The first kappa shape index (κ1) is 15.5. The monoisotopic (exact) mass is 277 g/mol. The first-order chi connectivity index (χ1) is 9.60. The zero-order valence-electron chi connectivity index (χ0n) is 13.0. The number of rotatable bonds is 5. The molecule has 2 heteroatoms. The van der Waals surface area contributed by atoms with Crippen LogP contribution in [-0.4, -0.2) is 13.1 Å². The van der Waals surface area contributed by atoms with Gasteiger partial charge in [-0.15, -0.1) is 0 Å². The Morgan fingerprint density at radius 2 is 1.80 bits per heavy atom. The highest BCUT2D eigenvalue weighted by Crippen LogP contribution is 2.35. The van der Waals surface area contributed by atoms with E-state index < -0.39 is 0 Å². The van der Waals surface area contributed by atoms with Gasteiger partial charge in [0.1, 0.15) is 5.82 Å². The summed E-state index contributed by atoms with van der Waals surface area (Å²) in [5.74, 6) is 2.32. The molecule has 0 aromatic heterocycles. The van der Waals surface area contributed by atoms with E-state index in [0.717, 1.165) is 29.7 Å². The van der Waals surface area contributed by atoms with E-state index in [2.05, 4.69) is 19.2 Å². The summed E-state index contributed by atoms with van der Waals surface area (Å²) in [6, 6.07) is 7.51. The molecule has 0 saturated heterocycles. The molecule has 0 amide bonds. The van der Waals surface area contributed by atoms with E-state index in [9.17, 15) is 4.39 Å². The van der Waals surface area contributed by atoms with Crippen LogP contribution in [0.4, 0.5) is 4.39 Å². The second-order valence-corrected chi connectivity index (χ2v) is 6.65. The summed E-state index contributed by atoms with van der Waals surface area (Å²) in [4.78, 5) is 0. The summed E-state index contributed by atoms with van der Waals surface area (Å²) < 4.78 is 13.3. The molecule has 1 nitrogen and oxygen atoms in total. The summed E-state index contributed by atoms with van der Waals surface area (Å²) in [6.07, 6.45) is 6.26. The first-order valence-electron chi connectivity index (χ1n) is 8.02. The summed E-state index contributed by atoms with van der Waals surface area (Å²) >= 11 is 0. The van der Waals surface area contributed by atoms with E-state index in [1.807, 2.05) is 19.2 Å². The lowest BCUT2D eigenvalue weighted by Gasteiger charge is -2.35. The molecule has 112 valence electrons. The van der Waals surface area contributed by atoms with Crippen molar-refractivity contribution in [1.29, 1.82) is 0 Å². The van der Waals surface area contributed by atoms with Gasteiger partial charge in [0.15, 0.2) is 0 Å². The highest BCUT2D eigenvalue weighted by Gasteiger charge is 2.28. The highest BCUT2D eigenvalue weighted by atomic mass is 19.1. The van der Waals surface area contributed by atoms with Crippen LogP contribution in [0.5, 0.6) is 0 Å². The molecule has 0 aliphatic heterocycles. The van der Waals surface area contributed by atoms with Crippen LogP contribution < -0.4 is 5.32 Å². The van der Waals surface area contributed by atoms with Gasteiger partial charge in [0.25, 0.3) is 0 Å². The summed E-state index contributed by atoms with van der Waals surface area (Å²) in [7, 11) is 2.04. The molecular weight excluding hydrogens is 249 g/mol. The van der Waals surface area contributed by atoms with Crippen LogP contribution in [-0.2, 0) is 6.42 Å². The van der Waals surface area contributed by atoms with Gasteiger partial charge in [-0.1, -0.05) is 26.0 Å². The average Bonchev–Trinajstić information content (AvgIpc) is 2.45. The Morgan fingerprint density at radius 1 is 1.15 bits per heavy atom. The molecule has 1 aliphatic carbocycles. The zero-order chi connectivity index (χ0) is 14.5. The molecule has 1 aromatic carbocycles. The third-order valence-corrected chi connectivity index (χ3v) is 5.04. The van der Waals surface area contributed by atoms with Crippen LogP contribution in [0.2, 0.25) is 0 Å². The Bertz CT molecular complexity index is 408. The van der Waals surface area contributed by atoms with Crippen molar-refractivity contribution in [2.75, 3.05) is 7.05 Å². The molecule has 0 bridgehead atoms. The Labute approximate surface area is 123 Å². The number of likely N-dealkylation sites (N-methyl/N-ethyl adjacent to an activating group) is 1. The zero-order valence-corrected chi connectivity index (χ0v) is 13.0. The Hall–Kier alpha value is -0.890. The number of nitrogens with one attached hydrogen (secondary N) is 1. The molecule has 0 spiro atoms. The van der Waals surface area contributed by atoms with E-state index in [4.69, 9.17) is 0 Å². The fourth-order valence-electron chi connectivity index (χ4n) is 3.64. The van der Waals surface area contributed by atoms with Gasteiger partial charge < -0.3 is 5.32 Å². The highest BCUT2D eigenvalue weighted by molar-refractivity contribution is 5.17. The summed E-state index contributed by atoms with van der Waals surface area (Å²) in [5.41, 5.74) is 1.11. The maximum Gasteiger partial charge on any atom is 0.123 e. The Morgan fingerprint density at radius 3 is 2.35 bits per heavy atom. The van der Waals surface area contributed by atoms with Gasteiger partial charge in [-0.3, -0.25) is 0 Å². The van der Waals surface area contributed by atoms with Gasteiger partial charge in [0, 0.05) is 6.04 Å². The van der Waals surface area contributed by atoms with Crippen LogP contribution in [0.25, 0.3) is 0 Å². The molecule has 1 atom stereocenters. The van der Waals surface area contributed by atoms with E-state index in [1.165, 1.54) is 31.7 Å².